The molecule has 0 aliphatic carbocycles. The summed E-state index contributed by atoms with van der Waals surface area (Å²) < 4.78 is 28.2. The van der Waals surface area contributed by atoms with Gasteiger partial charge in [-0.1, -0.05) is 0 Å². The van der Waals surface area contributed by atoms with E-state index in [0.29, 0.717) is 17.0 Å². The summed E-state index contributed by atoms with van der Waals surface area (Å²) in [6, 6.07) is 2.02. The predicted octanol–water partition coefficient (Wildman–Crippen LogP) is 2.24. The van der Waals surface area contributed by atoms with E-state index in [9.17, 15) is 8.78 Å². The molecule has 3 rings (SSSR count). The maximum Gasteiger partial charge on any atom is 0.158 e. The first-order valence-electron chi connectivity index (χ1n) is 4.96. The highest BCUT2D eigenvalue weighted by Crippen LogP contribution is 2.21. The van der Waals surface area contributed by atoms with E-state index in [-0.39, 0.29) is 5.52 Å². The number of nitrogens with zero attached hydrogens (tertiary/aromatic N) is 3. The average molecular weight is 234 g/mol. The van der Waals surface area contributed by atoms with E-state index in [1.807, 2.05) is 7.05 Å². The second kappa shape index (κ2) is 3.38. The molecule has 0 atom stereocenters. The molecule has 0 aliphatic heterocycles. The maximum absolute atomic E-state index is 13.4. The first kappa shape index (κ1) is 9.95. The maximum atomic E-state index is 13.4. The van der Waals surface area contributed by atoms with Crippen molar-refractivity contribution in [3.05, 3.63) is 36.3 Å². The summed E-state index contributed by atoms with van der Waals surface area (Å²) in [6.45, 7) is 0. The van der Waals surface area contributed by atoms with Gasteiger partial charge in [-0.2, -0.15) is 0 Å². The molecule has 0 aliphatic rings. The summed E-state index contributed by atoms with van der Waals surface area (Å²) in [4.78, 5) is 11.0. The van der Waals surface area contributed by atoms with Crippen molar-refractivity contribution in [1.29, 1.82) is 0 Å². The number of aromatic amines is 1. The Balaban J connectivity index is 2.23. The largest absolute Gasteiger partial charge is 0.340 e. The van der Waals surface area contributed by atoms with Gasteiger partial charge in [-0.05, 0) is 6.07 Å². The highest BCUT2D eigenvalue weighted by molar-refractivity contribution is 5.79. The zero-order valence-electron chi connectivity index (χ0n) is 8.91. The Bertz CT molecular complexity index is 699. The number of benzene rings is 1. The van der Waals surface area contributed by atoms with Crippen LogP contribution in [0.1, 0.15) is 0 Å². The zero-order chi connectivity index (χ0) is 12.0. The molecule has 0 fully saturated rings. The quantitative estimate of drug-likeness (QED) is 0.701. The molecule has 0 bridgehead atoms. The second-order valence-electron chi connectivity index (χ2n) is 3.79. The van der Waals surface area contributed by atoms with Gasteiger partial charge in [0.1, 0.15) is 17.0 Å². The highest BCUT2D eigenvalue weighted by Gasteiger charge is 2.12. The van der Waals surface area contributed by atoms with Crippen molar-refractivity contribution in [2.24, 2.45) is 7.05 Å². The average Bonchev–Trinajstić information content (AvgIpc) is 2.83. The fourth-order valence-electron chi connectivity index (χ4n) is 1.70. The van der Waals surface area contributed by atoms with Crippen molar-refractivity contribution in [2.75, 3.05) is 0 Å². The number of aryl methyl sites for hydroxylation is 1. The Morgan fingerprint density at radius 2 is 2.12 bits per heavy atom. The summed E-state index contributed by atoms with van der Waals surface area (Å²) in [5.74, 6) is -0.894. The number of H-pyrrole nitrogens is 1. The Morgan fingerprint density at radius 3 is 2.82 bits per heavy atom. The number of imidazole rings is 2. The molecule has 2 heterocycles. The molecular formula is C11H8F2N4. The predicted molar refractivity (Wildman–Crippen MR) is 58.2 cm³/mol. The van der Waals surface area contributed by atoms with Crippen LogP contribution in [-0.2, 0) is 7.05 Å². The van der Waals surface area contributed by atoms with Gasteiger partial charge in [-0.3, -0.25) is 0 Å². The van der Waals surface area contributed by atoms with Crippen LogP contribution < -0.4 is 0 Å². The summed E-state index contributed by atoms with van der Waals surface area (Å²) in [7, 11) is 1.82. The molecule has 4 nitrogen and oxygen atoms in total. The summed E-state index contributed by atoms with van der Waals surface area (Å²) in [5, 5.41) is 0. The topological polar surface area (TPSA) is 46.5 Å². The minimum absolute atomic E-state index is 0.118. The molecule has 1 N–H and O–H groups in total. The van der Waals surface area contributed by atoms with Crippen LogP contribution in [0.5, 0.6) is 0 Å². The summed E-state index contributed by atoms with van der Waals surface area (Å²) in [6.07, 6.45) is 3.35. The number of aromatic nitrogens is 4. The van der Waals surface area contributed by atoms with Gasteiger partial charge in [0.05, 0.1) is 11.8 Å². The van der Waals surface area contributed by atoms with Crippen LogP contribution in [0.25, 0.3) is 22.6 Å². The summed E-state index contributed by atoms with van der Waals surface area (Å²) in [5.41, 5.74) is 1.03. The van der Waals surface area contributed by atoms with Crippen LogP contribution in [-0.4, -0.2) is 19.5 Å². The normalized spacial score (nSPS) is 11.2. The van der Waals surface area contributed by atoms with Crippen molar-refractivity contribution in [1.82, 2.24) is 19.5 Å². The Hall–Kier alpha value is -2.24. The summed E-state index contributed by atoms with van der Waals surface area (Å²) >= 11 is 0. The van der Waals surface area contributed by atoms with Crippen molar-refractivity contribution in [2.45, 2.75) is 0 Å². The van der Waals surface area contributed by atoms with Gasteiger partial charge in [0.25, 0.3) is 0 Å². The Morgan fingerprint density at radius 1 is 1.29 bits per heavy atom. The molecular weight excluding hydrogens is 226 g/mol. The van der Waals surface area contributed by atoms with Crippen LogP contribution in [0, 0.1) is 11.6 Å². The zero-order valence-corrected chi connectivity index (χ0v) is 8.91. The molecule has 3 aromatic rings. The molecule has 0 saturated carbocycles. The minimum Gasteiger partial charge on any atom is -0.340 e. The molecule has 0 spiro atoms. The number of halogens is 2. The number of rotatable bonds is 1. The molecule has 0 saturated heterocycles. The molecule has 0 radical (unpaired) electrons. The standard InChI is InChI=1S/C11H8F2N4/c1-17-4-9(14-5-17)11-15-8-3-6(12)2-7(13)10(8)16-11/h2-5H,1H3,(H,15,16). The molecule has 0 unspecified atom stereocenters. The van der Waals surface area contributed by atoms with E-state index in [1.54, 1.807) is 17.1 Å². The highest BCUT2D eigenvalue weighted by atomic mass is 19.1. The fourth-order valence-corrected chi connectivity index (χ4v) is 1.70. The van der Waals surface area contributed by atoms with E-state index < -0.39 is 11.6 Å². The van der Waals surface area contributed by atoms with Gasteiger partial charge in [0.2, 0.25) is 0 Å². The molecule has 0 amide bonds. The van der Waals surface area contributed by atoms with Crippen molar-refractivity contribution in [3.8, 4) is 11.5 Å². The van der Waals surface area contributed by atoms with Crippen molar-refractivity contribution in [3.63, 3.8) is 0 Å². The van der Waals surface area contributed by atoms with Crippen molar-refractivity contribution < 1.29 is 8.78 Å². The third-order valence-electron chi connectivity index (χ3n) is 2.45. The van der Waals surface area contributed by atoms with E-state index >= 15 is 0 Å². The smallest absolute Gasteiger partial charge is 0.158 e. The molecule has 2 aromatic heterocycles. The minimum atomic E-state index is -0.682. The lowest BCUT2D eigenvalue weighted by Crippen LogP contribution is -1.81. The third-order valence-corrected chi connectivity index (χ3v) is 2.45. The lowest BCUT2D eigenvalue weighted by molar-refractivity contribution is 0.591. The van der Waals surface area contributed by atoms with Crippen LogP contribution in [0.2, 0.25) is 0 Å². The monoisotopic (exact) mass is 234 g/mol. The lowest BCUT2D eigenvalue weighted by atomic mass is 10.3. The third kappa shape index (κ3) is 1.57. The fraction of sp³-hybridized carbons (Fsp3) is 0.0909. The van der Waals surface area contributed by atoms with Crippen molar-refractivity contribution >= 4 is 11.0 Å². The van der Waals surface area contributed by atoms with Gasteiger partial charge in [0, 0.05) is 19.3 Å². The van der Waals surface area contributed by atoms with Crippen LogP contribution >= 0.6 is 0 Å². The molecule has 17 heavy (non-hydrogen) atoms. The van der Waals surface area contributed by atoms with E-state index in [1.165, 1.54) is 6.07 Å². The number of hydrogen-bond acceptors (Lipinski definition) is 2. The number of fused-ring (bicyclic) bond motifs is 1. The second-order valence-corrected chi connectivity index (χ2v) is 3.79. The molecule has 1 aromatic carbocycles. The van der Waals surface area contributed by atoms with Crippen LogP contribution in [0.3, 0.4) is 0 Å². The van der Waals surface area contributed by atoms with Crippen LogP contribution in [0.4, 0.5) is 8.78 Å². The van der Waals surface area contributed by atoms with E-state index in [0.717, 1.165) is 6.07 Å². The number of nitrogens with one attached hydrogen (secondary N) is 1. The number of hydrogen-bond donors (Lipinski definition) is 1. The van der Waals surface area contributed by atoms with E-state index in [2.05, 4.69) is 15.0 Å². The Kier molecular flexibility index (Phi) is 1.98. The van der Waals surface area contributed by atoms with Gasteiger partial charge < -0.3 is 9.55 Å². The first-order chi connectivity index (χ1) is 8.13. The Labute approximate surface area is 94.9 Å². The van der Waals surface area contributed by atoms with Crippen LogP contribution in [0.15, 0.2) is 24.7 Å². The molecule has 6 heteroatoms. The van der Waals surface area contributed by atoms with Gasteiger partial charge in [0.15, 0.2) is 11.6 Å². The molecule has 86 valence electrons. The SMILES string of the molecule is Cn1cnc(-c2nc3c(F)cc(F)cc3[nH]2)c1. The van der Waals surface area contributed by atoms with Gasteiger partial charge in [-0.15, -0.1) is 0 Å². The van der Waals surface area contributed by atoms with E-state index in [4.69, 9.17) is 0 Å². The lowest BCUT2D eigenvalue weighted by Gasteiger charge is -1.90. The first-order valence-corrected chi connectivity index (χ1v) is 4.96. The van der Waals surface area contributed by atoms with Gasteiger partial charge in [-0.25, -0.2) is 18.7 Å². The van der Waals surface area contributed by atoms with Gasteiger partial charge >= 0.3 is 0 Å².